The SMILES string of the molecule is Cc1cccc(CN2CCN(CC(=O)Nc3cccc(C)c3C)C(=O)C2=O)c1. The molecule has 6 nitrogen and oxygen atoms in total. The van der Waals surface area contributed by atoms with Gasteiger partial charge in [0.2, 0.25) is 5.91 Å². The summed E-state index contributed by atoms with van der Waals surface area (Å²) in [6.07, 6.45) is 0. The van der Waals surface area contributed by atoms with E-state index in [1.165, 1.54) is 9.80 Å². The van der Waals surface area contributed by atoms with Crippen LogP contribution in [-0.2, 0) is 20.9 Å². The molecule has 0 bridgehead atoms. The minimum atomic E-state index is -0.630. The van der Waals surface area contributed by atoms with Gasteiger partial charge in [-0.2, -0.15) is 0 Å². The fourth-order valence-electron chi connectivity index (χ4n) is 3.30. The third kappa shape index (κ3) is 4.39. The van der Waals surface area contributed by atoms with Gasteiger partial charge in [-0.3, -0.25) is 14.4 Å². The van der Waals surface area contributed by atoms with Crippen LogP contribution < -0.4 is 5.32 Å². The average molecular weight is 379 g/mol. The van der Waals surface area contributed by atoms with Gasteiger partial charge in [-0.15, -0.1) is 0 Å². The molecule has 1 aliphatic heterocycles. The molecular formula is C22H25N3O3. The Bertz CT molecular complexity index is 923. The largest absolute Gasteiger partial charge is 0.328 e. The third-order valence-electron chi connectivity index (χ3n) is 5.07. The van der Waals surface area contributed by atoms with Crippen molar-refractivity contribution in [3.8, 4) is 0 Å². The lowest BCUT2D eigenvalue weighted by molar-refractivity contribution is -0.157. The molecule has 1 fully saturated rings. The minimum Gasteiger partial charge on any atom is -0.328 e. The quantitative estimate of drug-likeness (QED) is 0.811. The lowest BCUT2D eigenvalue weighted by Gasteiger charge is -2.33. The summed E-state index contributed by atoms with van der Waals surface area (Å²) in [4.78, 5) is 40.2. The van der Waals surface area contributed by atoms with Gasteiger partial charge in [0, 0.05) is 25.3 Å². The van der Waals surface area contributed by atoms with E-state index in [-0.39, 0.29) is 12.5 Å². The molecule has 0 unspecified atom stereocenters. The van der Waals surface area contributed by atoms with Crippen LogP contribution in [0.1, 0.15) is 22.3 Å². The van der Waals surface area contributed by atoms with E-state index >= 15 is 0 Å². The average Bonchev–Trinajstić information content (AvgIpc) is 2.65. The Balaban J connectivity index is 1.60. The van der Waals surface area contributed by atoms with Gasteiger partial charge in [0.15, 0.2) is 0 Å². The van der Waals surface area contributed by atoms with Crippen molar-refractivity contribution >= 4 is 23.4 Å². The van der Waals surface area contributed by atoms with Crippen molar-refractivity contribution in [1.82, 2.24) is 9.80 Å². The van der Waals surface area contributed by atoms with E-state index in [9.17, 15) is 14.4 Å². The maximum absolute atomic E-state index is 12.5. The summed E-state index contributed by atoms with van der Waals surface area (Å²) in [6, 6.07) is 13.5. The van der Waals surface area contributed by atoms with Crippen molar-refractivity contribution in [1.29, 1.82) is 0 Å². The van der Waals surface area contributed by atoms with Crippen LogP contribution in [0.15, 0.2) is 42.5 Å². The predicted molar refractivity (Wildman–Crippen MR) is 108 cm³/mol. The van der Waals surface area contributed by atoms with E-state index in [0.29, 0.717) is 19.6 Å². The number of nitrogens with zero attached hydrogens (tertiary/aromatic N) is 2. The molecule has 1 N–H and O–H groups in total. The molecular weight excluding hydrogens is 354 g/mol. The van der Waals surface area contributed by atoms with Gasteiger partial charge in [0.25, 0.3) is 0 Å². The first-order chi connectivity index (χ1) is 13.3. The number of rotatable bonds is 5. The van der Waals surface area contributed by atoms with Crippen LogP contribution in [0.3, 0.4) is 0 Å². The second-order valence-corrected chi connectivity index (χ2v) is 7.24. The van der Waals surface area contributed by atoms with Gasteiger partial charge in [0.1, 0.15) is 6.54 Å². The summed E-state index contributed by atoms with van der Waals surface area (Å²) in [7, 11) is 0. The molecule has 3 rings (SSSR count). The second-order valence-electron chi connectivity index (χ2n) is 7.24. The summed E-state index contributed by atoms with van der Waals surface area (Å²) >= 11 is 0. The summed E-state index contributed by atoms with van der Waals surface area (Å²) < 4.78 is 0. The highest BCUT2D eigenvalue weighted by molar-refractivity contribution is 6.35. The van der Waals surface area contributed by atoms with Crippen LogP contribution in [0.2, 0.25) is 0 Å². The molecule has 0 aromatic heterocycles. The molecule has 0 spiro atoms. The molecule has 1 aliphatic rings. The second kappa shape index (κ2) is 8.25. The number of piperazine rings is 1. The molecule has 2 aromatic rings. The van der Waals surface area contributed by atoms with Crippen molar-refractivity contribution in [2.75, 3.05) is 25.0 Å². The van der Waals surface area contributed by atoms with Crippen LogP contribution in [0, 0.1) is 20.8 Å². The maximum Gasteiger partial charge on any atom is 0.312 e. The number of carbonyl (C=O) groups excluding carboxylic acids is 3. The number of benzene rings is 2. The Kier molecular flexibility index (Phi) is 5.78. The van der Waals surface area contributed by atoms with E-state index in [0.717, 1.165) is 27.9 Å². The zero-order chi connectivity index (χ0) is 20.3. The third-order valence-corrected chi connectivity index (χ3v) is 5.07. The number of anilines is 1. The molecule has 1 heterocycles. The number of carbonyl (C=O) groups is 3. The van der Waals surface area contributed by atoms with Crippen LogP contribution in [0.5, 0.6) is 0 Å². The topological polar surface area (TPSA) is 69.7 Å². The number of aryl methyl sites for hydroxylation is 2. The number of nitrogens with one attached hydrogen (secondary N) is 1. The Labute approximate surface area is 165 Å². The molecule has 6 heteroatoms. The molecule has 0 radical (unpaired) electrons. The molecule has 28 heavy (non-hydrogen) atoms. The maximum atomic E-state index is 12.5. The van der Waals surface area contributed by atoms with Crippen LogP contribution in [0.4, 0.5) is 5.69 Å². The van der Waals surface area contributed by atoms with Gasteiger partial charge in [-0.1, -0.05) is 42.0 Å². The highest BCUT2D eigenvalue weighted by Gasteiger charge is 2.33. The van der Waals surface area contributed by atoms with E-state index in [2.05, 4.69) is 5.32 Å². The van der Waals surface area contributed by atoms with Gasteiger partial charge in [-0.25, -0.2) is 0 Å². The van der Waals surface area contributed by atoms with E-state index in [1.807, 2.05) is 63.2 Å². The van der Waals surface area contributed by atoms with Gasteiger partial charge in [0.05, 0.1) is 0 Å². The van der Waals surface area contributed by atoms with Crippen molar-refractivity contribution in [2.45, 2.75) is 27.3 Å². The van der Waals surface area contributed by atoms with Crippen LogP contribution in [0.25, 0.3) is 0 Å². The summed E-state index contributed by atoms with van der Waals surface area (Å²) in [5.41, 5.74) is 4.89. The predicted octanol–water partition coefficient (Wildman–Crippen LogP) is 2.42. The minimum absolute atomic E-state index is 0.129. The highest BCUT2D eigenvalue weighted by atomic mass is 16.2. The number of amides is 3. The molecule has 146 valence electrons. The number of hydrogen-bond acceptors (Lipinski definition) is 3. The molecule has 2 aromatic carbocycles. The van der Waals surface area contributed by atoms with Gasteiger partial charge < -0.3 is 15.1 Å². The van der Waals surface area contributed by atoms with E-state index in [4.69, 9.17) is 0 Å². The van der Waals surface area contributed by atoms with Crippen molar-refractivity contribution < 1.29 is 14.4 Å². The van der Waals surface area contributed by atoms with Crippen molar-refractivity contribution in [3.05, 3.63) is 64.7 Å². The summed E-state index contributed by atoms with van der Waals surface area (Å²) in [5, 5.41) is 2.83. The van der Waals surface area contributed by atoms with Gasteiger partial charge >= 0.3 is 11.8 Å². The first-order valence-electron chi connectivity index (χ1n) is 9.35. The van der Waals surface area contributed by atoms with Crippen LogP contribution in [-0.4, -0.2) is 47.2 Å². The molecule has 0 aliphatic carbocycles. The van der Waals surface area contributed by atoms with Crippen molar-refractivity contribution in [2.24, 2.45) is 0 Å². The normalized spacial score (nSPS) is 14.4. The van der Waals surface area contributed by atoms with Crippen molar-refractivity contribution in [3.63, 3.8) is 0 Å². The Morgan fingerprint density at radius 1 is 0.964 bits per heavy atom. The Morgan fingerprint density at radius 3 is 2.39 bits per heavy atom. The summed E-state index contributed by atoms with van der Waals surface area (Å²) in [6.45, 7) is 6.92. The van der Waals surface area contributed by atoms with Crippen LogP contribution >= 0.6 is 0 Å². The highest BCUT2D eigenvalue weighted by Crippen LogP contribution is 2.18. The first kappa shape index (κ1) is 19.6. The lowest BCUT2D eigenvalue weighted by atomic mass is 10.1. The summed E-state index contributed by atoms with van der Waals surface area (Å²) in [5.74, 6) is -1.50. The lowest BCUT2D eigenvalue weighted by Crippen LogP contribution is -2.55. The standard InChI is InChI=1S/C22H25N3O3/c1-15-6-4-8-18(12-15)13-24-10-11-25(22(28)21(24)27)14-20(26)23-19-9-5-7-16(2)17(19)3/h4-9,12H,10-11,13-14H2,1-3H3,(H,23,26). The zero-order valence-corrected chi connectivity index (χ0v) is 16.5. The fourth-order valence-corrected chi connectivity index (χ4v) is 3.30. The monoisotopic (exact) mass is 379 g/mol. The number of hydrogen-bond donors (Lipinski definition) is 1. The Hall–Kier alpha value is -3.15. The van der Waals surface area contributed by atoms with E-state index in [1.54, 1.807) is 0 Å². The van der Waals surface area contributed by atoms with E-state index < -0.39 is 11.8 Å². The smallest absolute Gasteiger partial charge is 0.312 e. The Morgan fingerprint density at radius 2 is 1.64 bits per heavy atom. The zero-order valence-electron chi connectivity index (χ0n) is 16.5. The fraction of sp³-hybridized carbons (Fsp3) is 0.318. The molecule has 3 amide bonds. The van der Waals surface area contributed by atoms with Gasteiger partial charge in [-0.05, 0) is 43.5 Å². The first-order valence-corrected chi connectivity index (χ1v) is 9.35. The molecule has 0 saturated carbocycles. The molecule has 0 atom stereocenters. The molecule has 1 saturated heterocycles.